The van der Waals surface area contributed by atoms with Crippen molar-refractivity contribution >= 4 is 17.6 Å². The predicted octanol–water partition coefficient (Wildman–Crippen LogP) is 2.73. The number of hydrogen-bond donors (Lipinski definition) is 1. The van der Waals surface area contributed by atoms with E-state index < -0.39 is 5.97 Å². The number of aryl methyl sites for hydroxylation is 1. The third kappa shape index (κ3) is 3.55. The Kier molecular flexibility index (Phi) is 4.99. The van der Waals surface area contributed by atoms with Crippen LogP contribution in [-0.4, -0.2) is 26.2 Å². The summed E-state index contributed by atoms with van der Waals surface area (Å²) in [6.07, 6.45) is 2.36. The number of carbonyl (C=O) groups is 2. The Bertz CT molecular complexity index is 641. The molecule has 0 bridgehead atoms. The summed E-state index contributed by atoms with van der Waals surface area (Å²) < 4.78 is 9.57. The van der Waals surface area contributed by atoms with Crippen LogP contribution in [0.4, 0.5) is 5.69 Å². The summed E-state index contributed by atoms with van der Waals surface area (Å²) in [7, 11) is 2.69. The molecule has 5 heteroatoms. The third-order valence-electron chi connectivity index (χ3n) is 3.51. The molecule has 1 aromatic carbocycles. The molecule has 5 nitrogen and oxygen atoms in total. The molecule has 1 N–H and O–H groups in total. The van der Waals surface area contributed by atoms with Crippen LogP contribution in [0.3, 0.4) is 0 Å². The second-order valence-corrected chi connectivity index (χ2v) is 5.04. The van der Waals surface area contributed by atoms with Crippen molar-refractivity contribution in [3.05, 3.63) is 52.7 Å². The average Bonchev–Trinajstić information content (AvgIpc) is 2.55. The van der Waals surface area contributed by atoms with Gasteiger partial charge in [-0.15, -0.1) is 0 Å². The van der Waals surface area contributed by atoms with E-state index in [1.54, 1.807) is 6.08 Å². The first-order valence-corrected chi connectivity index (χ1v) is 6.96. The Morgan fingerprint density at radius 3 is 2.27 bits per heavy atom. The van der Waals surface area contributed by atoms with Gasteiger partial charge in [-0.25, -0.2) is 9.59 Å². The molecule has 0 aromatic heterocycles. The number of hydrogen-bond acceptors (Lipinski definition) is 5. The van der Waals surface area contributed by atoms with Crippen molar-refractivity contribution in [1.82, 2.24) is 0 Å². The molecule has 1 aromatic rings. The number of ether oxygens (including phenoxy) is 2. The minimum Gasteiger partial charge on any atom is -0.466 e. The molecule has 0 heterocycles. The Balaban J connectivity index is 2.27. The first kappa shape index (κ1) is 15.8. The Labute approximate surface area is 129 Å². The molecular weight excluding hydrogens is 282 g/mol. The van der Waals surface area contributed by atoms with E-state index in [9.17, 15) is 9.59 Å². The topological polar surface area (TPSA) is 64.6 Å². The Morgan fingerprint density at radius 1 is 1.05 bits per heavy atom. The average molecular weight is 301 g/mol. The van der Waals surface area contributed by atoms with Crippen LogP contribution in [0.15, 0.2) is 47.2 Å². The van der Waals surface area contributed by atoms with E-state index >= 15 is 0 Å². The first-order chi connectivity index (χ1) is 10.5. The lowest BCUT2D eigenvalue weighted by Gasteiger charge is -2.20. The fraction of sp³-hybridized carbons (Fsp3) is 0.294. The first-order valence-electron chi connectivity index (χ1n) is 6.96. The number of esters is 2. The van der Waals surface area contributed by atoms with E-state index in [1.807, 2.05) is 31.2 Å². The van der Waals surface area contributed by atoms with E-state index in [-0.39, 0.29) is 5.97 Å². The lowest BCUT2D eigenvalue weighted by atomic mass is 9.95. The summed E-state index contributed by atoms with van der Waals surface area (Å²) in [5.74, 6) is -0.776. The van der Waals surface area contributed by atoms with Crippen LogP contribution < -0.4 is 5.32 Å². The van der Waals surface area contributed by atoms with Crippen molar-refractivity contribution in [2.75, 3.05) is 19.5 Å². The number of rotatable bonds is 4. The van der Waals surface area contributed by atoms with Crippen molar-refractivity contribution in [1.29, 1.82) is 0 Å². The highest BCUT2D eigenvalue weighted by atomic mass is 16.5. The molecule has 0 radical (unpaired) electrons. The summed E-state index contributed by atoms with van der Waals surface area (Å²) in [5, 5.41) is 3.21. The maximum atomic E-state index is 11.9. The van der Waals surface area contributed by atoms with Crippen molar-refractivity contribution in [2.45, 2.75) is 19.8 Å². The Hall–Kier alpha value is -2.56. The van der Waals surface area contributed by atoms with Gasteiger partial charge in [-0.1, -0.05) is 23.8 Å². The van der Waals surface area contributed by atoms with Gasteiger partial charge in [0.1, 0.15) is 0 Å². The maximum Gasteiger partial charge on any atom is 0.335 e. The standard InChI is InChI=1S/C17H19NO4/c1-11-4-7-13(8-5-11)18-15-10-12(16(19)21-2)6-9-14(15)17(20)22-3/h4-8,18H,9-10H2,1-3H3. The molecule has 22 heavy (non-hydrogen) atoms. The summed E-state index contributed by atoms with van der Waals surface area (Å²) >= 11 is 0. The second kappa shape index (κ2) is 6.93. The number of anilines is 1. The quantitative estimate of drug-likeness (QED) is 0.866. The Morgan fingerprint density at radius 2 is 1.68 bits per heavy atom. The van der Waals surface area contributed by atoms with Crippen LogP contribution in [-0.2, 0) is 19.1 Å². The normalized spacial score (nSPS) is 14.2. The van der Waals surface area contributed by atoms with Crippen LogP contribution in [0.2, 0.25) is 0 Å². The summed E-state index contributed by atoms with van der Waals surface area (Å²) in [6.45, 7) is 2.00. The van der Waals surface area contributed by atoms with Crippen LogP contribution in [0.1, 0.15) is 18.4 Å². The molecule has 0 spiro atoms. The van der Waals surface area contributed by atoms with Crippen LogP contribution in [0.25, 0.3) is 0 Å². The molecular formula is C17H19NO4. The number of methoxy groups -OCH3 is 2. The highest BCUT2D eigenvalue weighted by Crippen LogP contribution is 2.27. The molecule has 0 aliphatic heterocycles. The molecule has 0 saturated carbocycles. The van der Waals surface area contributed by atoms with Gasteiger partial charge in [0.05, 0.1) is 19.8 Å². The van der Waals surface area contributed by atoms with Crippen LogP contribution >= 0.6 is 0 Å². The van der Waals surface area contributed by atoms with Gasteiger partial charge >= 0.3 is 11.9 Å². The SMILES string of the molecule is COC(=O)C1=CCC(C(=O)OC)=C(Nc2ccc(C)cc2)C1. The zero-order chi connectivity index (χ0) is 16.1. The largest absolute Gasteiger partial charge is 0.466 e. The predicted molar refractivity (Wildman–Crippen MR) is 83.2 cm³/mol. The van der Waals surface area contributed by atoms with Crippen LogP contribution in [0.5, 0.6) is 0 Å². The summed E-state index contributed by atoms with van der Waals surface area (Å²) in [6, 6.07) is 7.79. The molecule has 2 rings (SSSR count). The summed E-state index contributed by atoms with van der Waals surface area (Å²) in [4.78, 5) is 23.6. The molecule has 0 saturated heterocycles. The van der Waals surface area contributed by atoms with Gasteiger partial charge in [0, 0.05) is 29.8 Å². The zero-order valence-corrected chi connectivity index (χ0v) is 12.9. The fourth-order valence-electron chi connectivity index (χ4n) is 2.26. The van der Waals surface area contributed by atoms with Gasteiger partial charge in [-0.3, -0.25) is 0 Å². The van der Waals surface area contributed by atoms with Gasteiger partial charge in [0.2, 0.25) is 0 Å². The van der Waals surface area contributed by atoms with E-state index in [4.69, 9.17) is 9.47 Å². The van der Waals surface area contributed by atoms with Gasteiger partial charge < -0.3 is 14.8 Å². The van der Waals surface area contributed by atoms with E-state index in [1.165, 1.54) is 14.2 Å². The number of carbonyl (C=O) groups excluding carboxylic acids is 2. The molecule has 1 aliphatic rings. The minimum absolute atomic E-state index is 0.310. The van der Waals surface area contributed by atoms with Crippen molar-refractivity contribution in [3.8, 4) is 0 Å². The molecule has 0 amide bonds. The third-order valence-corrected chi connectivity index (χ3v) is 3.51. The molecule has 1 aliphatic carbocycles. The fourth-order valence-corrected chi connectivity index (χ4v) is 2.26. The highest BCUT2D eigenvalue weighted by Gasteiger charge is 2.24. The second-order valence-electron chi connectivity index (χ2n) is 5.04. The van der Waals surface area contributed by atoms with E-state index in [0.717, 1.165) is 11.3 Å². The van der Waals surface area contributed by atoms with Gasteiger partial charge in [0.15, 0.2) is 0 Å². The zero-order valence-electron chi connectivity index (χ0n) is 12.9. The smallest absolute Gasteiger partial charge is 0.335 e. The van der Waals surface area contributed by atoms with Crippen molar-refractivity contribution in [3.63, 3.8) is 0 Å². The molecule has 0 atom stereocenters. The number of nitrogens with one attached hydrogen (secondary N) is 1. The summed E-state index contributed by atoms with van der Waals surface area (Å²) in [5.41, 5.74) is 3.72. The van der Waals surface area contributed by atoms with Gasteiger partial charge in [-0.2, -0.15) is 0 Å². The van der Waals surface area contributed by atoms with Gasteiger partial charge in [-0.05, 0) is 19.1 Å². The van der Waals surface area contributed by atoms with Crippen molar-refractivity contribution < 1.29 is 19.1 Å². The molecule has 0 fully saturated rings. The van der Waals surface area contributed by atoms with Crippen molar-refractivity contribution in [2.24, 2.45) is 0 Å². The molecule has 0 unspecified atom stereocenters. The number of allylic oxidation sites excluding steroid dienone is 2. The minimum atomic E-state index is -0.394. The van der Waals surface area contributed by atoms with Gasteiger partial charge in [0.25, 0.3) is 0 Å². The molecule has 116 valence electrons. The lowest BCUT2D eigenvalue weighted by Crippen LogP contribution is -2.19. The van der Waals surface area contributed by atoms with E-state index in [2.05, 4.69) is 5.32 Å². The highest BCUT2D eigenvalue weighted by molar-refractivity contribution is 5.94. The monoisotopic (exact) mass is 301 g/mol. The maximum absolute atomic E-state index is 11.9. The number of benzene rings is 1. The lowest BCUT2D eigenvalue weighted by molar-refractivity contribution is -0.137. The van der Waals surface area contributed by atoms with Crippen LogP contribution in [0, 0.1) is 6.92 Å². The van der Waals surface area contributed by atoms with E-state index in [0.29, 0.717) is 29.7 Å².